The second-order valence-electron chi connectivity index (χ2n) is 8.26. The summed E-state index contributed by atoms with van der Waals surface area (Å²) >= 11 is 5.64. The molecule has 10 heteroatoms. The quantitative estimate of drug-likeness (QED) is 0.250. The first-order chi connectivity index (χ1) is 18.2. The first-order valence-electron chi connectivity index (χ1n) is 11.2. The van der Waals surface area contributed by atoms with Crippen LogP contribution in [-0.4, -0.2) is 26.6 Å². The van der Waals surface area contributed by atoms with Gasteiger partial charge in [-0.15, -0.1) is 0 Å². The average Bonchev–Trinajstić information content (AvgIpc) is 2.92. The molecule has 5 rings (SSSR count). The zero-order valence-electron chi connectivity index (χ0n) is 19.3. The van der Waals surface area contributed by atoms with Gasteiger partial charge >= 0.3 is 6.18 Å². The van der Waals surface area contributed by atoms with E-state index in [1.807, 2.05) is 6.07 Å². The fraction of sp³-hybridized carbons (Fsp3) is 0.0357. The van der Waals surface area contributed by atoms with E-state index in [-0.39, 0.29) is 22.6 Å². The summed E-state index contributed by atoms with van der Waals surface area (Å²) in [6.45, 7) is 0. The maximum Gasteiger partial charge on any atom is 0.417 e. The average molecular weight is 533 g/mol. The number of hydrogen-bond donors (Lipinski definition) is 1. The highest BCUT2D eigenvalue weighted by Gasteiger charge is 2.33. The van der Waals surface area contributed by atoms with Gasteiger partial charge in [-0.3, -0.25) is 19.6 Å². The van der Waals surface area contributed by atoms with Crippen LogP contribution in [0.3, 0.4) is 0 Å². The summed E-state index contributed by atoms with van der Waals surface area (Å²) in [4.78, 5) is 39.0. The Labute approximate surface area is 219 Å². The fourth-order valence-electron chi connectivity index (χ4n) is 3.80. The number of ketones is 1. The third-order valence-corrected chi connectivity index (χ3v) is 6.01. The number of hydrogen-bond acceptors (Lipinski definition) is 5. The van der Waals surface area contributed by atoms with E-state index in [1.165, 1.54) is 18.2 Å². The summed E-state index contributed by atoms with van der Waals surface area (Å²) in [5.74, 6) is -1.11. The van der Waals surface area contributed by atoms with Crippen molar-refractivity contribution in [3.8, 4) is 11.3 Å². The van der Waals surface area contributed by atoms with Gasteiger partial charge in [-0.05, 0) is 60.7 Å². The van der Waals surface area contributed by atoms with Gasteiger partial charge in [0.1, 0.15) is 0 Å². The van der Waals surface area contributed by atoms with Gasteiger partial charge in [0.15, 0.2) is 5.78 Å². The molecule has 0 spiro atoms. The molecule has 1 N–H and O–H groups in total. The lowest BCUT2D eigenvalue weighted by Gasteiger charge is -2.12. The molecule has 0 saturated carbocycles. The molecule has 2 aromatic heterocycles. The lowest BCUT2D eigenvalue weighted by Crippen LogP contribution is -2.14. The van der Waals surface area contributed by atoms with Gasteiger partial charge in [0.2, 0.25) is 0 Å². The number of fused-ring (bicyclic) bond motifs is 1. The minimum atomic E-state index is -4.71. The minimum Gasteiger partial charge on any atom is -0.322 e. The van der Waals surface area contributed by atoms with Crippen LogP contribution >= 0.6 is 11.6 Å². The lowest BCUT2D eigenvalue weighted by atomic mass is 10.0. The summed E-state index contributed by atoms with van der Waals surface area (Å²) in [5.41, 5.74) is 2.04. The van der Waals surface area contributed by atoms with Crippen molar-refractivity contribution in [2.24, 2.45) is 0 Å². The van der Waals surface area contributed by atoms with E-state index < -0.39 is 22.7 Å². The standard InChI is InChI=1S/C28H16ClF3N4O2/c29-22-8-6-18(12-21(22)28(30,31)32)27(38)35-20-5-1-3-16(11-20)26(37)17-7-9-23-24(13-17)36-25(15-34-23)19-4-2-10-33-14-19/h1-15H,(H,35,38). The van der Waals surface area contributed by atoms with E-state index in [0.29, 0.717) is 28.4 Å². The number of alkyl halides is 3. The number of nitrogens with one attached hydrogen (secondary N) is 1. The third kappa shape index (κ3) is 5.23. The normalized spacial score (nSPS) is 11.4. The van der Waals surface area contributed by atoms with Crippen molar-refractivity contribution in [2.45, 2.75) is 6.18 Å². The van der Waals surface area contributed by atoms with Crippen molar-refractivity contribution in [1.82, 2.24) is 15.0 Å². The number of anilines is 1. The fourth-order valence-corrected chi connectivity index (χ4v) is 4.02. The van der Waals surface area contributed by atoms with Crippen molar-refractivity contribution in [3.63, 3.8) is 0 Å². The van der Waals surface area contributed by atoms with Crippen LogP contribution in [0.25, 0.3) is 22.3 Å². The predicted molar refractivity (Wildman–Crippen MR) is 137 cm³/mol. The van der Waals surface area contributed by atoms with Crippen LogP contribution in [0.4, 0.5) is 18.9 Å². The van der Waals surface area contributed by atoms with Crippen LogP contribution in [0.2, 0.25) is 5.02 Å². The summed E-state index contributed by atoms with van der Waals surface area (Å²) in [6, 6.07) is 17.6. The molecule has 0 aliphatic rings. The Kier molecular flexibility index (Phi) is 6.61. The molecular formula is C28H16ClF3N4O2. The topological polar surface area (TPSA) is 84.8 Å². The Morgan fingerprint density at radius 1 is 0.816 bits per heavy atom. The van der Waals surface area contributed by atoms with E-state index in [0.717, 1.165) is 11.6 Å². The summed E-state index contributed by atoms with van der Waals surface area (Å²) < 4.78 is 39.5. The second-order valence-corrected chi connectivity index (χ2v) is 8.66. The van der Waals surface area contributed by atoms with Crippen molar-refractivity contribution in [2.75, 3.05) is 5.32 Å². The number of aromatic nitrogens is 3. The zero-order valence-corrected chi connectivity index (χ0v) is 20.1. The monoisotopic (exact) mass is 532 g/mol. The van der Waals surface area contributed by atoms with Gasteiger partial charge in [0, 0.05) is 40.3 Å². The van der Waals surface area contributed by atoms with Gasteiger partial charge in [-0.25, -0.2) is 4.98 Å². The van der Waals surface area contributed by atoms with Crippen LogP contribution in [0.15, 0.2) is 91.4 Å². The van der Waals surface area contributed by atoms with Crippen LogP contribution < -0.4 is 5.32 Å². The van der Waals surface area contributed by atoms with Crippen LogP contribution in [-0.2, 0) is 6.18 Å². The van der Waals surface area contributed by atoms with E-state index in [9.17, 15) is 22.8 Å². The molecule has 0 aliphatic carbocycles. The molecule has 188 valence electrons. The van der Waals surface area contributed by atoms with E-state index in [4.69, 9.17) is 11.6 Å². The molecule has 5 aromatic rings. The Hall–Kier alpha value is -4.63. The van der Waals surface area contributed by atoms with E-state index in [2.05, 4.69) is 20.3 Å². The molecule has 1 amide bonds. The predicted octanol–water partition coefficient (Wildman–Crippen LogP) is 6.85. The number of carbonyl (C=O) groups excluding carboxylic acids is 2. The van der Waals surface area contributed by atoms with Crippen LogP contribution in [0.1, 0.15) is 31.8 Å². The Morgan fingerprint density at radius 2 is 1.61 bits per heavy atom. The molecule has 2 heterocycles. The molecule has 0 aliphatic heterocycles. The van der Waals surface area contributed by atoms with Crippen molar-refractivity contribution in [3.05, 3.63) is 119 Å². The molecule has 0 unspecified atom stereocenters. The third-order valence-electron chi connectivity index (χ3n) is 5.68. The van der Waals surface area contributed by atoms with Gasteiger partial charge in [0.25, 0.3) is 5.91 Å². The number of pyridine rings is 1. The Bertz CT molecular complexity index is 1690. The Morgan fingerprint density at radius 3 is 2.37 bits per heavy atom. The summed E-state index contributed by atoms with van der Waals surface area (Å²) in [5, 5.41) is 2.02. The smallest absolute Gasteiger partial charge is 0.322 e. The molecule has 0 saturated heterocycles. The minimum absolute atomic E-state index is 0.226. The zero-order chi connectivity index (χ0) is 26.9. The molecule has 0 atom stereocenters. The first kappa shape index (κ1) is 25.0. The maximum absolute atomic E-state index is 13.2. The number of halogens is 4. The summed E-state index contributed by atoms with van der Waals surface area (Å²) in [6.07, 6.45) is 0.243. The SMILES string of the molecule is O=C(Nc1cccc(C(=O)c2ccc3ncc(-c4cccnc4)nc3c2)c1)c1ccc(Cl)c(C(F)(F)F)c1. The molecule has 6 nitrogen and oxygen atoms in total. The van der Waals surface area contributed by atoms with Crippen LogP contribution in [0.5, 0.6) is 0 Å². The number of nitrogens with zero attached hydrogens (tertiary/aromatic N) is 3. The molecule has 3 aromatic carbocycles. The highest BCUT2D eigenvalue weighted by atomic mass is 35.5. The number of carbonyl (C=O) groups is 2. The highest BCUT2D eigenvalue weighted by Crippen LogP contribution is 2.35. The van der Waals surface area contributed by atoms with Crippen molar-refractivity contribution in [1.29, 1.82) is 0 Å². The van der Waals surface area contributed by atoms with E-state index in [1.54, 1.807) is 55.0 Å². The summed E-state index contributed by atoms with van der Waals surface area (Å²) in [7, 11) is 0. The molecule has 0 radical (unpaired) electrons. The molecule has 38 heavy (non-hydrogen) atoms. The number of amides is 1. The second kappa shape index (κ2) is 10.0. The van der Waals surface area contributed by atoms with Crippen LogP contribution in [0, 0.1) is 0 Å². The molecular weight excluding hydrogens is 517 g/mol. The maximum atomic E-state index is 13.2. The molecule has 0 bridgehead atoms. The number of benzene rings is 3. The first-order valence-corrected chi connectivity index (χ1v) is 11.6. The van der Waals surface area contributed by atoms with E-state index >= 15 is 0 Å². The van der Waals surface area contributed by atoms with Gasteiger partial charge in [-0.1, -0.05) is 23.7 Å². The Balaban J connectivity index is 1.39. The lowest BCUT2D eigenvalue weighted by molar-refractivity contribution is -0.137. The van der Waals surface area contributed by atoms with Gasteiger partial charge in [-0.2, -0.15) is 13.2 Å². The number of rotatable bonds is 5. The van der Waals surface area contributed by atoms with Crippen molar-refractivity contribution < 1.29 is 22.8 Å². The molecule has 0 fully saturated rings. The van der Waals surface area contributed by atoms with Crippen molar-refractivity contribution >= 4 is 40.0 Å². The largest absolute Gasteiger partial charge is 0.417 e. The highest BCUT2D eigenvalue weighted by molar-refractivity contribution is 6.31. The van der Waals surface area contributed by atoms with Gasteiger partial charge < -0.3 is 5.32 Å². The van der Waals surface area contributed by atoms with Gasteiger partial charge in [0.05, 0.1) is 33.5 Å².